The van der Waals surface area contributed by atoms with Crippen LogP contribution in [0.4, 0.5) is 0 Å². The van der Waals surface area contributed by atoms with E-state index in [1.807, 2.05) is 12.1 Å². The molecule has 346 valence electrons. The molecule has 0 fully saturated rings. The molecule has 7 heteroatoms. The second-order valence-electron chi connectivity index (χ2n) is 19.4. The SMILES string of the molecule is N#Cc1c(-n2c3ccccc3c3ccccc32)c(C#N)c(-n2c3ccccc3c3c4c5ccccc5n(-c5ccccc5)c4ccc32)c(-n2c3ccccc3c3ccccc32)c1-n1c2ccccc2c2ccccc21. The van der Waals surface area contributed by atoms with E-state index in [0.717, 1.165) is 115 Å². The van der Waals surface area contributed by atoms with Crippen LogP contribution in [0, 0.1) is 22.7 Å². The van der Waals surface area contributed by atoms with Crippen LogP contribution >= 0.6 is 0 Å². The maximum absolute atomic E-state index is 12.6. The van der Waals surface area contributed by atoms with Crippen molar-refractivity contribution in [2.24, 2.45) is 0 Å². The molecule has 0 aliphatic heterocycles. The Hall–Kier alpha value is -10.6. The van der Waals surface area contributed by atoms with E-state index in [9.17, 15) is 10.5 Å². The smallest absolute Gasteiger partial charge is 0.104 e. The zero-order valence-corrected chi connectivity index (χ0v) is 40.1. The Kier molecular flexibility index (Phi) is 8.46. The first-order valence-corrected chi connectivity index (χ1v) is 25.2. The van der Waals surface area contributed by atoms with Crippen LogP contribution in [0.5, 0.6) is 0 Å². The van der Waals surface area contributed by atoms with E-state index in [1.54, 1.807) is 0 Å². The van der Waals surface area contributed by atoms with Gasteiger partial charge in [-0.15, -0.1) is 0 Å². The number of rotatable bonds is 5. The predicted octanol–water partition coefficient (Wildman–Crippen LogP) is 16.9. The molecule has 16 rings (SSSR count). The molecule has 11 aromatic carbocycles. The lowest BCUT2D eigenvalue weighted by molar-refractivity contribution is 1.02. The fourth-order valence-electron chi connectivity index (χ4n) is 12.9. The lowest BCUT2D eigenvalue weighted by atomic mass is 9.98. The van der Waals surface area contributed by atoms with E-state index in [2.05, 4.69) is 259 Å². The third-order valence-corrected chi connectivity index (χ3v) is 15.7. The quantitative estimate of drug-likeness (QED) is 0.172. The van der Waals surface area contributed by atoms with E-state index in [0.29, 0.717) is 33.9 Å². The van der Waals surface area contributed by atoms with Gasteiger partial charge in [-0.1, -0.05) is 164 Å². The first kappa shape index (κ1) is 41.1. The molecule has 0 radical (unpaired) electrons. The second-order valence-corrected chi connectivity index (χ2v) is 19.4. The summed E-state index contributed by atoms with van der Waals surface area (Å²) in [6.07, 6.45) is 0. The lowest BCUT2D eigenvalue weighted by Crippen LogP contribution is -2.16. The molecule has 0 saturated carbocycles. The first-order chi connectivity index (χ1) is 37.2. The van der Waals surface area contributed by atoms with Gasteiger partial charge in [-0.2, -0.15) is 10.5 Å². The second kappa shape index (κ2) is 15.5. The average Bonchev–Trinajstić information content (AvgIpc) is 4.42. The highest BCUT2D eigenvalue weighted by Gasteiger charge is 2.35. The highest BCUT2D eigenvalue weighted by Crippen LogP contribution is 2.50. The summed E-state index contributed by atoms with van der Waals surface area (Å²) in [6, 6.07) is 88.8. The fourth-order valence-corrected chi connectivity index (χ4v) is 12.9. The highest BCUT2D eigenvalue weighted by atomic mass is 15.1. The number of nitrogens with zero attached hydrogens (tertiary/aromatic N) is 7. The van der Waals surface area contributed by atoms with Crippen LogP contribution in [-0.4, -0.2) is 22.8 Å². The van der Waals surface area contributed by atoms with Gasteiger partial charge in [0.2, 0.25) is 0 Å². The number of aromatic nitrogens is 5. The van der Waals surface area contributed by atoms with Crippen LogP contribution in [0.2, 0.25) is 0 Å². The normalized spacial score (nSPS) is 12.0. The molecule has 75 heavy (non-hydrogen) atoms. The number of nitriles is 2. The molecule has 0 atom stereocenters. The monoisotopic (exact) mass is 953 g/mol. The van der Waals surface area contributed by atoms with Crippen LogP contribution in [0.1, 0.15) is 11.1 Å². The summed E-state index contributed by atoms with van der Waals surface area (Å²) in [7, 11) is 0. The van der Waals surface area contributed by atoms with E-state index < -0.39 is 0 Å². The van der Waals surface area contributed by atoms with Gasteiger partial charge in [0.1, 0.15) is 23.3 Å². The van der Waals surface area contributed by atoms with Crippen molar-refractivity contribution >= 4 is 109 Å². The number of hydrogen-bond acceptors (Lipinski definition) is 2. The van der Waals surface area contributed by atoms with Gasteiger partial charge in [0.05, 0.1) is 77.9 Å². The van der Waals surface area contributed by atoms with Gasteiger partial charge in [0, 0.05) is 59.5 Å². The Bertz CT molecular complexity index is 5060. The van der Waals surface area contributed by atoms with Gasteiger partial charge in [0.15, 0.2) is 0 Å². The minimum absolute atomic E-state index is 0.369. The molecule has 0 amide bonds. The molecule has 0 aliphatic rings. The predicted molar refractivity (Wildman–Crippen MR) is 308 cm³/mol. The summed E-state index contributed by atoms with van der Waals surface area (Å²) >= 11 is 0. The molecule has 0 spiro atoms. The van der Waals surface area contributed by atoms with E-state index in [-0.39, 0.29) is 0 Å². The number of fused-ring (bicyclic) bond motifs is 16. The summed E-state index contributed by atoms with van der Waals surface area (Å²) in [6.45, 7) is 0. The third kappa shape index (κ3) is 5.40. The van der Waals surface area contributed by atoms with Crippen LogP contribution in [0.15, 0.2) is 237 Å². The van der Waals surface area contributed by atoms with Crippen molar-refractivity contribution in [2.45, 2.75) is 0 Å². The standard InChI is InChI=1S/C68H39N7/c69-40-51-65(72-53-30-12-4-22-43(53)44-23-5-13-31-54(44)72)52(41-70)67(75-60-37-19-11-29-50(60)64-62(75)39-38-61-63(64)49-28-10-18-36-59(49)71(61)42-20-2-1-3-21-42)68(74-57-34-16-8-26-47(57)48-27-9-17-35-58(48)74)66(51)73-55-32-14-6-24-45(55)46-25-7-15-33-56(46)73/h1-39H. The first-order valence-electron chi connectivity index (χ1n) is 25.2. The van der Waals surface area contributed by atoms with Gasteiger partial charge < -0.3 is 22.8 Å². The van der Waals surface area contributed by atoms with Crippen molar-refractivity contribution in [1.29, 1.82) is 10.5 Å². The summed E-state index contributed by atoms with van der Waals surface area (Å²) in [5.41, 5.74) is 14.0. The maximum Gasteiger partial charge on any atom is 0.104 e. The molecule has 0 unspecified atom stereocenters. The van der Waals surface area contributed by atoms with Gasteiger partial charge in [-0.25, -0.2) is 0 Å². The molecule has 16 aromatic rings. The van der Waals surface area contributed by atoms with E-state index >= 15 is 0 Å². The van der Waals surface area contributed by atoms with E-state index in [1.165, 1.54) is 0 Å². The van der Waals surface area contributed by atoms with Crippen LogP contribution in [0.25, 0.3) is 137 Å². The maximum atomic E-state index is 12.6. The molecule has 5 heterocycles. The molecule has 7 nitrogen and oxygen atoms in total. The molecule has 0 bridgehead atoms. The Labute approximate surface area is 428 Å². The van der Waals surface area contributed by atoms with Crippen LogP contribution in [-0.2, 0) is 0 Å². The summed E-state index contributed by atoms with van der Waals surface area (Å²) in [4.78, 5) is 0. The van der Waals surface area contributed by atoms with Crippen molar-refractivity contribution in [2.75, 3.05) is 0 Å². The minimum atomic E-state index is 0.369. The Morgan fingerprint density at radius 1 is 0.213 bits per heavy atom. The topological polar surface area (TPSA) is 72.2 Å². The summed E-state index contributed by atoms with van der Waals surface area (Å²) < 4.78 is 11.5. The molecule has 5 aromatic heterocycles. The Balaban J connectivity index is 1.22. The van der Waals surface area contributed by atoms with Crippen LogP contribution in [0.3, 0.4) is 0 Å². The van der Waals surface area contributed by atoms with Crippen molar-refractivity contribution in [3.63, 3.8) is 0 Å². The zero-order chi connectivity index (χ0) is 49.5. The minimum Gasteiger partial charge on any atom is -0.309 e. The third-order valence-electron chi connectivity index (χ3n) is 15.7. The number of para-hydroxylation sites is 9. The molecule has 0 aliphatic carbocycles. The fraction of sp³-hybridized carbons (Fsp3) is 0. The Morgan fingerprint density at radius 3 is 0.827 bits per heavy atom. The molecule has 0 saturated heterocycles. The van der Waals surface area contributed by atoms with Gasteiger partial charge in [-0.3, -0.25) is 0 Å². The summed E-state index contributed by atoms with van der Waals surface area (Å²) in [5.74, 6) is 0. The van der Waals surface area contributed by atoms with Gasteiger partial charge in [0.25, 0.3) is 0 Å². The molecular weight excluding hydrogens is 915 g/mol. The van der Waals surface area contributed by atoms with Gasteiger partial charge >= 0.3 is 0 Å². The summed E-state index contributed by atoms with van der Waals surface area (Å²) in [5, 5.41) is 35.7. The van der Waals surface area contributed by atoms with Crippen molar-refractivity contribution in [1.82, 2.24) is 22.8 Å². The Morgan fingerprint density at radius 2 is 0.467 bits per heavy atom. The number of benzene rings is 11. The van der Waals surface area contributed by atoms with Crippen molar-refractivity contribution < 1.29 is 0 Å². The lowest BCUT2D eigenvalue weighted by Gasteiger charge is -2.27. The van der Waals surface area contributed by atoms with Crippen molar-refractivity contribution in [3.8, 4) is 40.6 Å². The molecular formula is C68H39N7. The largest absolute Gasteiger partial charge is 0.309 e. The average molecular weight is 954 g/mol. The van der Waals surface area contributed by atoms with Crippen LogP contribution < -0.4 is 0 Å². The zero-order valence-electron chi connectivity index (χ0n) is 40.1. The number of hydrogen-bond donors (Lipinski definition) is 0. The van der Waals surface area contributed by atoms with E-state index in [4.69, 9.17) is 0 Å². The molecule has 0 N–H and O–H groups in total. The highest BCUT2D eigenvalue weighted by molar-refractivity contribution is 6.29. The van der Waals surface area contributed by atoms with Crippen molar-refractivity contribution in [3.05, 3.63) is 248 Å². The van der Waals surface area contributed by atoms with Gasteiger partial charge in [-0.05, 0) is 72.8 Å².